The van der Waals surface area contributed by atoms with Gasteiger partial charge in [-0.25, -0.2) is 9.88 Å². The number of fused-ring (bicyclic) bond motifs is 2. The highest BCUT2D eigenvalue weighted by Crippen LogP contribution is 2.44. The van der Waals surface area contributed by atoms with E-state index in [-0.39, 0.29) is 22.1 Å². The molecule has 6 rings (SSSR count). The van der Waals surface area contributed by atoms with E-state index < -0.39 is 16.7 Å². The molecule has 1 aromatic heterocycles. The largest absolute Gasteiger partial charge is 0.283 e. The van der Waals surface area contributed by atoms with Gasteiger partial charge in [0.2, 0.25) is 0 Å². The molecule has 0 spiro atoms. The molecule has 37 heavy (non-hydrogen) atoms. The van der Waals surface area contributed by atoms with Crippen molar-refractivity contribution in [2.75, 3.05) is 4.90 Å². The SMILES string of the molecule is O=C1c2cccc([N+](=O)[O-])c2C(=O)N1c1ccc2nc(SC(c3ccccc3)c3ccccc3)sc2c1. The summed E-state index contributed by atoms with van der Waals surface area (Å²) in [5, 5.41) is 11.5. The van der Waals surface area contributed by atoms with Crippen LogP contribution >= 0.6 is 23.1 Å². The minimum Gasteiger partial charge on any atom is -0.268 e. The number of carbonyl (C=O) groups excluding carboxylic acids is 2. The zero-order valence-electron chi connectivity index (χ0n) is 19.1. The first-order valence-corrected chi connectivity index (χ1v) is 13.0. The lowest BCUT2D eigenvalue weighted by Crippen LogP contribution is -2.29. The lowest BCUT2D eigenvalue weighted by Gasteiger charge is -2.16. The molecule has 180 valence electrons. The highest BCUT2D eigenvalue weighted by Gasteiger charge is 2.41. The molecule has 0 saturated heterocycles. The Labute approximate surface area is 219 Å². The molecule has 5 aromatic rings. The fraction of sp³-hybridized carbons (Fsp3) is 0.0357. The summed E-state index contributed by atoms with van der Waals surface area (Å²) >= 11 is 3.12. The number of amides is 2. The summed E-state index contributed by atoms with van der Waals surface area (Å²) in [6.45, 7) is 0. The summed E-state index contributed by atoms with van der Waals surface area (Å²) in [6.07, 6.45) is 0. The van der Waals surface area contributed by atoms with Crippen molar-refractivity contribution in [1.82, 2.24) is 4.98 Å². The van der Waals surface area contributed by atoms with Crippen molar-refractivity contribution in [3.05, 3.63) is 129 Å². The van der Waals surface area contributed by atoms with Crippen LogP contribution in [0.1, 0.15) is 37.1 Å². The van der Waals surface area contributed by atoms with E-state index in [0.717, 1.165) is 30.6 Å². The second kappa shape index (κ2) is 9.27. The van der Waals surface area contributed by atoms with Crippen molar-refractivity contribution in [2.45, 2.75) is 9.59 Å². The Hall–Kier alpha value is -4.34. The van der Waals surface area contributed by atoms with Gasteiger partial charge in [-0.05, 0) is 35.4 Å². The molecule has 4 aromatic carbocycles. The molecule has 0 aliphatic carbocycles. The number of imide groups is 1. The summed E-state index contributed by atoms with van der Waals surface area (Å²) in [5.41, 5.74) is 2.91. The van der Waals surface area contributed by atoms with E-state index in [1.165, 1.54) is 29.5 Å². The molecule has 7 nitrogen and oxygen atoms in total. The summed E-state index contributed by atoms with van der Waals surface area (Å²) in [5.74, 6) is -1.27. The van der Waals surface area contributed by atoms with Gasteiger partial charge in [0.15, 0.2) is 4.34 Å². The van der Waals surface area contributed by atoms with Crippen LogP contribution in [-0.2, 0) is 0 Å². The number of hydrogen-bond donors (Lipinski definition) is 0. The first-order chi connectivity index (χ1) is 18.0. The van der Waals surface area contributed by atoms with Crippen LogP contribution in [0.25, 0.3) is 10.2 Å². The van der Waals surface area contributed by atoms with Gasteiger partial charge < -0.3 is 0 Å². The molecule has 0 bridgehead atoms. The highest BCUT2D eigenvalue weighted by molar-refractivity contribution is 8.01. The summed E-state index contributed by atoms with van der Waals surface area (Å²) in [6, 6.07) is 29.7. The Kier molecular flexibility index (Phi) is 5.78. The third-order valence-electron chi connectivity index (χ3n) is 6.12. The average Bonchev–Trinajstić information content (AvgIpc) is 3.45. The molecule has 1 aliphatic heterocycles. The van der Waals surface area contributed by atoms with Crippen molar-refractivity contribution in [2.24, 2.45) is 0 Å². The van der Waals surface area contributed by atoms with Crippen molar-refractivity contribution in [3.8, 4) is 0 Å². The fourth-order valence-electron chi connectivity index (χ4n) is 4.42. The second-order valence-electron chi connectivity index (χ2n) is 8.35. The number of aromatic nitrogens is 1. The number of anilines is 1. The number of benzene rings is 4. The van der Waals surface area contributed by atoms with Crippen LogP contribution in [0.2, 0.25) is 0 Å². The van der Waals surface area contributed by atoms with Crippen LogP contribution in [0.3, 0.4) is 0 Å². The van der Waals surface area contributed by atoms with Gasteiger partial charge in [0.25, 0.3) is 17.5 Å². The third kappa shape index (κ3) is 4.08. The first-order valence-electron chi connectivity index (χ1n) is 11.3. The normalized spacial score (nSPS) is 12.9. The third-order valence-corrected chi connectivity index (χ3v) is 8.55. The van der Waals surface area contributed by atoms with E-state index in [1.54, 1.807) is 30.0 Å². The van der Waals surface area contributed by atoms with Crippen LogP contribution in [-0.4, -0.2) is 21.7 Å². The molecule has 2 heterocycles. The molecule has 9 heteroatoms. The lowest BCUT2D eigenvalue weighted by atomic mass is 10.0. The topological polar surface area (TPSA) is 93.4 Å². The maximum Gasteiger partial charge on any atom is 0.283 e. The maximum absolute atomic E-state index is 13.1. The van der Waals surface area contributed by atoms with Crippen LogP contribution in [0.4, 0.5) is 11.4 Å². The number of nitro groups is 1. The summed E-state index contributed by atoms with van der Waals surface area (Å²) in [4.78, 5) is 42.8. The predicted octanol–water partition coefficient (Wildman–Crippen LogP) is 6.89. The Morgan fingerprint density at radius 2 is 1.51 bits per heavy atom. The monoisotopic (exact) mass is 523 g/mol. The molecule has 0 radical (unpaired) electrons. The Bertz CT molecular complexity index is 1650. The Balaban J connectivity index is 1.35. The predicted molar refractivity (Wildman–Crippen MR) is 144 cm³/mol. The van der Waals surface area contributed by atoms with Gasteiger partial charge in [0.05, 0.1) is 31.6 Å². The number of hydrogen-bond acceptors (Lipinski definition) is 7. The van der Waals surface area contributed by atoms with E-state index in [0.29, 0.717) is 5.69 Å². The molecule has 0 fully saturated rings. The lowest BCUT2D eigenvalue weighted by molar-refractivity contribution is -0.385. The molecule has 1 aliphatic rings. The number of thioether (sulfide) groups is 1. The van der Waals surface area contributed by atoms with Gasteiger partial charge in [-0.3, -0.25) is 19.7 Å². The van der Waals surface area contributed by atoms with Gasteiger partial charge in [-0.1, -0.05) is 78.5 Å². The molecular formula is C28H17N3O4S2. The number of rotatable bonds is 6. The zero-order chi connectivity index (χ0) is 25.5. The Morgan fingerprint density at radius 3 is 2.16 bits per heavy atom. The highest BCUT2D eigenvalue weighted by atomic mass is 32.2. The van der Waals surface area contributed by atoms with E-state index in [2.05, 4.69) is 24.3 Å². The van der Waals surface area contributed by atoms with Gasteiger partial charge in [-0.2, -0.15) is 0 Å². The van der Waals surface area contributed by atoms with Gasteiger partial charge in [0, 0.05) is 6.07 Å². The average molecular weight is 524 g/mol. The molecule has 0 N–H and O–H groups in total. The summed E-state index contributed by atoms with van der Waals surface area (Å²) < 4.78 is 1.66. The standard InChI is InChI=1S/C28H17N3O4S2/c32-26-20-12-7-13-22(31(34)35)24(20)27(33)30(26)19-14-15-21-23(16-19)36-28(29-21)37-25(17-8-3-1-4-9-17)18-10-5-2-6-11-18/h1-16,25H. The van der Waals surface area contributed by atoms with Crippen LogP contribution < -0.4 is 4.90 Å². The van der Waals surface area contributed by atoms with Crippen LogP contribution in [0, 0.1) is 10.1 Å². The number of nitrogens with zero attached hydrogens (tertiary/aromatic N) is 3. The number of nitro benzene ring substituents is 1. The van der Waals surface area contributed by atoms with Crippen molar-refractivity contribution < 1.29 is 14.5 Å². The minimum atomic E-state index is -0.695. The van der Waals surface area contributed by atoms with E-state index >= 15 is 0 Å². The van der Waals surface area contributed by atoms with Crippen molar-refractivity contribution in [3.63, 3.8) is 0 Å². The maximum atomic E-state index is 13.1. The molecule has 0 saturated carbocycles. The van der Waals surface area contributed by atoms with Gasteiger partial charge in [0.1, 0.15) is 5.56 Å². The van der Waals surface area contributed by atoms with Crippen LogP contribution in [0.5, 0.6) is 0 Å². The number of thiazole rings is 1. The quantitative estimate of drug-likeness (QED) is 0.104. The summed E-state index contributed by atoms with van der Waals surface area (Å²) in [7, 11) is 0. The minimum absolute atomic E-state index is 0.0356. The molecule has 0 atom stereocenters. The van der Waals surface area contributed by atoms with E-state index in [1.807, 2.05) is 36.4 Å². The molecule has 0 unspecified atom stereocenters. The first kappa shape index (κ1) is 23.1. The van der Waals surface area contributed by atoms with Gasteiger partial charge >= 0.3 is 0 Å². The van der Waals surface area contributed by atoms with Gasteiger partial charge in [-0.15, -0.1) is 11.3 Å². The van der Waals surface area contributed by atoms with Crippen LogP contribution in [0.15, 0.2) is 101 Å². The second-order valence-corrected chi connectivity index (χ2v) is 10.7. The Morgan fingerprint density at radius 1 is 0.838 bits per heavy atom. The zero-order valence-corrected chi connectivity index (χ0v) is 20.7. The fourth-order valence-corrected chi connectivity index (χ4v) is 6.84. The van der Waals surface area contributed by atoms with Crippen molar-refractivity contribution in [1.29, 1.82) is 0 Å². The number of carbonyl (C=O) groups is 2. The van der Waals surface area contributed by atoms with E-state index in [4.69, 9.17) is 4.98 Å². The smallest absolute Gasteiger partial charge is 0.268 e. The molecular weight excluding hydrogens is 506 g/mol. The van der Waals surface area contributed by atoms with E-state index in [9.17, 15) is 19.7 Å². The molecule has 2 amide bonds. The van der Waals surface area contributed by atoms with Crippen molar-refractivity contribution >= 4 is 56.5 Å².